The molecule has 72 heavy (non-hydrogen) atoms. The van der Waals surface area contributed by atoms with E-state index < -0.39 is 162 Å². The van der Waals surface area contributed by atoms with Crippen LogP contribution in [0.3, 0.4) is 0 Å². The first-order valence-electron chi connectivity index (χ1n) is 24.0. The highest BCUT2D eigenvalue weighted by Gasteiger charge is 2.56. The molecule has 0 spiro atoms. The molecular formula is C45H78N6O21. The van der Waals surface area contributed by atoms with Crippen LogP contribution in [0, 0.1) is 10.1 Å². The molecule has 27 heteroatoms. The molecule has 1 saturated carbocycles. The van der Waals surface area contributed by atoms with Gasteiger partial charge in [0, 0.05) is 6.54 Å². The maximum absolute atomic E-state index is 13.9. The number of nitrogens with zero attached hydrogens (tertiary/aromatic N) is 1. The average molecular weight is 1040 g/mol. The number of hydrogen-bond donors (Lipinski definition) is 9. The van der Waals surface area contributed by atoms with Crippen LogP contribution >= 0.6 is 0 Å². The molecule has 9 N–H and O–H groups in total. The Morgan fingerprint density at radius 2 is 1.17 bits per heavy atom. The molecule has 3 heterocycles. The van der Waals surface area contributed by atoms with Gasteiger partial charge in [0.25, 0.3) is 0 Å². The third-order valence-corrected chi connectivity index (χ3v) is 11.0. The molecular weight excluding hydrogens is 961 g/mol. The van der Waals surface area contributed by atoms with E-state index >= 15 is 0 Å². The van der Waals surface area contributed by atoms with Crippen molar-refractivity contribution < 1.29 is 96.7 Å². The van der Waals surface area contributed by atoms with Gasteiger partial charge in [0.15, 0.2) is 24.5 Å². The number of fused-ring (bicyclic) bond motifs is 1. The Bertz CT molecular complexity index is 1880. The van der Waals surface area contributed by atoms with Gasteiger partial charge in [0.1, 0.15) is 65.1 Å². The molecule has 0 aromatic rings. The third kappa shape index (κ3) is 18.5. The summed E-state index contributed by atoms with van der Waals surface area (Å²) in [5, 5.41) is 70.9. The van der Waals surface area contributed by atoms with E-state index in [0.717, 1.165) is 0 Å². The van der Waals surface area contributed by atoms with Crippen LogP contribution in [-0.2, 0) is 52.2 Å². The number of alkyl carbamates (subject to hydrolysis) is 4. The Balaban J connectivity index is 1.78. The minimum atomic E-state index is -2.26. The molecule has 3 aliphatic heterocycles. The minimum absolute atomic E-state index is 0.0939. The van der Waals surface area contributed by atoms with Crippen molar-refractivity contribution in [1.29, 1.82) is 0 Å². The van der Waals surface area contributed by atoms with E-state index in [1.807, 2.05) is 0 Å². The molecule has 27 nitrogen and oxygen atoms in total. The van der Waals surface area contributed by atoms with Crippen LogP contribution < -0.4 is 26.6 Å². The summed E-state index contributed by atoms with van der Waals surface area (Å²) in [6.45, 7) is 22.3. The average Bonchev–Trinajstić information content (AvgIpc) is 3.19. The molecule has 3 saturated heterocycles. The predicted octanol–water partition coefficient (Wildman–Crippen LogP) is 1.30. The molecule has 4 aliphatic rings. The number of aliphatic hydroxyl groups excluding tert-OH is 4. The van der Waals surface area contributed by atoms with Gasteiger partial charge in [-0.15, -0.1) is 0 Å². The van der Waals surface area contributed by atoms with Crippen molar-refractivity contribution in [3.05, 3.63) is 10.1 Å². The Labute approximate surface area is 418 Å². The first kappa shape index (κ1) is 60.1. The number of aliphatic hydroxyl groups is 4. The highest BCUT2D eigenvalue weighted by Crippen LogP contribution is 2.37. The first-order chi connectivity index (χ1) is 32.9. The molecule has 4 rings (SSSR count). The lowest BCUT2D eigenvalue weighted by Crippen LogP contribution is -2.72. The minimum Gasteiger partial charge on any atom is -0.444 e. The van der Waals surface area contributed by atoms with Gasteiger partial charge >= 0.3 is 30.6 Å². The van der Waals surface area contributed by atoms with Crippen molar-refractivity contribution in [3.63, 3.8) is 0 Å². The van der Waals surface area contributed by atoms with Gasteiger partial charge in [-0.25, -0.2) is 19.2 Å². The van der Waals surface area contributed by atoms with Crippen LogP contribution in [0.15, 0.2) is 0 Å². The quantitative estimate of drug-likeness (QED) is 0.0512. The van der Waals surface area contributed by atoms with Gasteiger partial charge in [0.2, 0.25) is 5.91 Å². The van der Waals surface area contributed by atoms with Gasteiger partial charge in [-0.2, -0.15) is 0 Å². The van der Waals surface area contributed by atoms with Crippen molar-refractivity contribution in [2.45, 2.75) is 243 Å². The number of ether oxygens (including phenoxy) is 10. The molecule has 15 atom stereocenters. The lowest BCUT2D eigenvalue weighted by molar-refractivity contribution is -0.587. The zero-order valence-corrected chi connectivity index (χ0v) is 43.6. The van der Waals surface area contributed by atoms with E-state index in [-0.39, 0.29) is 32.4 Å². The van der Waals surface area contributed by atoms with Crippen LogP contribution in [0.1, 0.15) is 123 Å². The normalized spacial score (nSPS) is 31.8. The Hall–Kier alpha value is -4.45. The van der Waals surface area contributed by atoms with Gasteiger partial charge in [-0.3, -0.25) is 14.9 Å². The molecule has 414 valence electrons. The van der Waals surface area contributed by atoms with Gasteiger partial charge in [-0.1, -0.05) is 0 Å². The first-order valence-corrected chi connectivity index (χ1v) is 24.0. The largest absolute Gasteiger partial charge is 0.444 e. The summed E-state index contributed by atoms with van der Waals surface area (Å²) >= 11 is 0. The van der Waals surface area contributed by atoms with E-state index in [9.17, 15) is 54.5 Å². The SMILES string of the molecule is CC(C)(C)OC(=O)NCC[C@H](O)C(=O)N[C@@H]1C[C@@H](NC(=O)OC(C)(C)C)C(O[C@H]2OC(C(O)[N+](=O)[O-])CCC2NC(=O)OC(C)(C)C)C(O)[C@H]1O[C@H]1OC2COC(C)(C)O[C@H]2[C@H](NC(=O)OC(C)(C)C)C1O. The van der Waals surface area contributed by atoms with Crippen molar-refractivity contribution in [1.82, 2.24) is 26.6 Å². The Morgan fingerprint density at radius 1 is 0.681 bits per heavy atom. The monoisotopic (exact) mass is 1040 g/mol. The molecule has 0 aromatic carbocycles. The highest BCUT2D eigenvalue weighted by molar-refractivity contribution is 5.81. The summed E-state index contributed by atoms with van der Waals surface area (Å²) in [5.74, 6) is -2.25. The molecule has 7 unspecified atom stereocenters. The van der Waals surface area contributed by atoms with E-state index in [1.54, 1.807) is 96.9 Å². The van der Waals surface area contributed by atoms with Crippen LogP contribution in [0.25, 0.3) is 0 Å². The lowest BCUT2D eigenvalue weighted by atomic mass is 9.83. The van der Waals surface area contributed by atoms with Crippen LogP contribution in [-0.4, -0.2) is 189 Å². The number of nitro groups is 1. The zero-order valence-electron chi connectivity index (χ0n) is 43.6. The standard InChI is InChI=1S/C45H78N6O21/c1-41(2,3)69-37(57)46-18-17-24(52)33(55)47-22-19-23(49-39(59)71-43(7,8)9)31(66-35-21(48-38(58)70-42(4,5)6)15-16-25(64-35)34(56)51(61)62)29(54)30(22)67-36-28(53)27(50-40(60)72-44(10,11)12)32-26(65-36)20-63-45(13,14)68-32/h21-32,34-36,52-54,56H,15-20H2,1-14H3,(H,46,57)(H,47,55)(H,48,58)(H,49,59)(H,50,60)/t21?,22-,23-,24+,25?,26?,27-,28?,29?,30+,31?,32-,34?,35-,36-/m1/s1. The molecule has 0 bridgehead atoms. The van der Waals surface area contributed by atoms with Crippen molar-refractivity contribution in [2.75, 3.05) is 13.2 Å². The summed E-state index contributed by atoms with van der Waals surface area (Å²) < 4.78 is 58.7. The molecule has 0 radical (unpaired) electrons. The summed E-state index contributed by atoms with van der Waals surface area (Å²) in [6.07, 6.45) is -23.2. The Morgan fingerprint density at radius 3 is 1.69 bits per heavy atom. The summed E-state index contributed by atoms with van der Waals surface area (Å²) in [5.41, 5.74) is -3.85. The van der Waals surface area contributed by atoms with Crippen LogP contribution in [0.5, 0.6) is 0 Å². The summed E-state index contributed by atoms with van der Waals surface area (Å²) in [7, 11) is 0. The zero-order chi connectivity index (χ0) is 54.5. The van der Waals surface area contributed by atoms with E-state index in [0.29, 0.717) is 0 Å². The van der Waals surface area contributed by atoms with Crippen LogP contribution in [0.4, 0.5) is 19.2 Å². The predicted molar refractivity (Wildman–Crippen MR) is 247 cm³/mol. The number of hydrogen-bond acceptors (Lipinski definition) is 21. The maximum Gasteiger partial charge on any atom is 0.408 e. The fourth-order valence-corrected chi connectivity index (χ4v) is 8.11. The number of amides is 5. The smallest absolute Gasteiger partial charge is 0.408 e. The second-order valence-electron chi connectivity index (χ2n) is 22.6. The topological polar surface area (TPSA) is 362 Å². The summed E-state index contributed by atoms with van der Waals surface area (Å²) in [6, 6.07) is -5.32. The highest BCUT2D eigenvalue weighted by atomic mass is 16.8. The Kier molecular flexibility index (Phi) is 19.9. The maximum atomic E-state index is 13.9. The van der Waals surface area contributed by atoms with Gasteiger partial charge in [-0.05, 0) is 123 Å². The lowest BCUT2D eigenvalue weighted by Gasteiger charge is -2.52. The van der Waals surface area contributed by atoms with Gasteiger partial charge in [0.05, 0.1) is 35.7 Å². The van der Waals surface area contributed by atoms with Crippen molar-refractivity contribution in [3.8, 4) is 0 Å². The van der Waals surface area contributed by atoms with E-state index in [2.05, 4.69) is 26.6 Å². The van der Waals surface area contributed by atoms with E-state index in [4.69, 9.17) is 47.4 Å². The molecule has 4 fully saturated rings. The number of carbonyl (C=O) groups excluding carboxylic acids is 5. The number of rotatable bonds is 14. The number of nitrogens with one attached hydrogen (secondary N) is 5. The fraction of sp³-hybridized carbons (Fsp3) is 0.889. The molecule has 1 aliphatic carbocycles. The second-order valence-corrected chi connectivity index (χ2v) is 22.6. The van der Waals surface area contributed by atoms with Crippen molar-refractivity contribution >= 4 is 30.3 Å². The van der Waals surface area contributed by atoms with Crippen molar-refractivity contribution in [2.24, 2.45) is 0 Å². The van der Waals surface area contributed by atoms with E-state index in [1.165, 1.54) is 0 Å². The molecule has 0 aromatic heterocycles. The number of carbonyl (C=O) groups is 5. The molecule has 5 amide bonds. The third-order valence-electron chi connectivity index (χ3n) is 11.0. The summed E-state index contributed by atoms with van der Waals surface area (Å²) in [4.78, 5) is 76.9. The van der Waals surface area contributed by atoms with Gasteiger partial charge < -0.3 is 94.4 Å². The second kappa shape index (κ2) is 23.8. The van der Waals surface area contributed by atoms with Crippen LogP contribution in [0.2, 0.25) is 0 Å². The fourth-order valence-electron chi connectivity index (χ4n) is 8.11.